The van der Waals surface area contributed by atoms with Crippen molar-refractivity contribution in [1.82, 2.24) is 4.98 Å². The number of halogens is 1. The number of aryl methyl sites for hydroxylation is 1. The highest BCUT2D eigenvalue weighted by atomic mass is 32.1. The summed E-state index contributed by atoms with van der Waals surface area (Å²) in [5.74, 6) is -1.82. The average Bonchev–Trinajstić information content (AvgIpc) is 2.72. The van der Waals surface area contributed by atoms with Gasteiger partial charge in [-0.2, -0.15) is 0 Å². The minimum atomic E-state index is -1.30. The molecule has 18 heavy (non-hydrogen) atoms. The summed E-state index contributed by atoms with van der Waals surface area (Å²) in [7, 11) is 0. The van der Waals surface area contributed by atoms with Crippen molar-refractivity contribution < 1.29 is 19.0 Å². The van der Waals surface area contributed by atoms with Crippen molar-refractivity contribution in [1.29, 1.82) is 0 Å². The smallest absolute Gasteiger partial charge is 0.338 e. The van der Waals surface area contributed by atoms with Gasteiger partial charge in [0.05, 0.1) is 5.56 Å². The molecule has 0 aliphatic rings. The number of carbonyl (C=O) groups is 1. The van der Waals surface area contributed by atoms with Gasteiger partial charge in [0.2, 0.25) is 0 Å². The van der Waals surface area contributed by atoms with Crippen molar-refractivity contribution in [2.24, 2.45) is 0 Å². The van der Waals surface area contributed by atoms with Gasteiger partial charge in [0.25, 0.3) is 0 Å². The molecule has 94 valence electrons. The third-order valence-corrected chi connectivity index (χ3v) is 3.14. The number of hydrogen-bond acceptors (Lipinski definition) is 4. The summed E-state index contributed by atoms with van der Waals surface area (Å²) < 4.78 is 18.7. The molecule has 6 heteroatoms. The summed E-state index contributed by atoms with van der Waals surface area (Å²) in [6.45, 7) is 2.12. The zero-order chi connectivity index (χ0) is 13.1. The summed E-state index contributed by atoms with van der Waals surface area (Å²) in [4.78, 5) is 14.8. The van der Waals surface area contributed by atoms with E-state index in [-0.39, 0.29) is 17.9 Å². The van der Waals surface area contributed by atoms with Crippen LogP contribution in [0.3, 0.4) is 0 Å². The van der Waals surface area contributed by atoms with Crippen LogP contribution in [-0.2, 0) is 6.61 Å². The standard InChI is InChI=1S/C12H10FNO3S/c1-7-6-18-11(14-7)5-17-8-2-3-9(12(15)16)10(13)4-8/h2-4,6H,5H2,1H3,(H,15,16). The fourth-order valence-electron chi connectivity index (χ4n) is 1.37. The normalized spacial score (nSPS) is 10.3. The number of thiazole rings is 1. The van der Waals surface area contributed by atoms with Gasteiger partial charge in [-0.15, -0.1) is 11.3 Å². The van der Waals surface area contributed by atoms with Gasteiger partial charge in [0.1, 0.15) is 23.2 Å². The van der Waals surface area contributed by atoms with Gasteiger partial charge in [-0.1, -0.05) is 0 Å². The van der Waals surface area contributed by atoms with Crippen LogP contribution in [0.2, 0.25) is 0 Å². The summed E-state index contributed by atoms with van der Waals surface area (Å²) >= 11 is 1.46. The van der Waals surface area contributed by atoms with E-state index < -0.39 is 11.8 Å². The molecule has 0 saturated carbocycles. The lowest BCUT2D eigenvalue weighted by atomic mass is 10.2. The Morgan fingerprint density at radius 2 is 2.33 bits per heavy atom. The molecule has 0 aliphatic carbocycles. The third kappa shape index (κ3) is 2.84. The number of aromatic nitrogens is 1. The lowest BCUT2D eigenvalue weighted by Crippen LogP contribution is -2.01. The van der Waals surface area contributed by atoms with E-state index in [0.717, 1.165) is 16.8 Å². The highest BCUT2D eigenvalue weighted by Crippen LogP contribution is 2.19. The minimum Gasteiger partial charge on any atom is -0.486 e. The van der Waals surface area contributed by atoms with Crippen LogP contribution in [0.15, 0.2) is 23.6 Å². The zero-order valence-corrected chi connectivity index (χ0v) is 10.3. The zero-order valence-electron chi connectivity index (χ0n) is 9.51. The van der Waals surface area contributed by atoms with Gasteiger partial charge in [-0.3, -0.25) is 0 Å². The van der Waals surface area contributed by atoms with Gasteiger partial charge < -0.3 is 9.84 Å². The van der Waals surface area contributed by atoms with E-state index in [0.29, 0.717) is 0 Å². The van der Waals surface area contributed by atoms with E-state index in [1.54, 1.807) is 0 Å². The summed E-state index contributed by atoms with van der Waals surface area (Å²) in [6, 6.07) is 3.66. The number of benzene rings is 1. The van der Waals surface area contributed by atoms with Crippen LogP contribution in [0.1, 0.15) is 21.1 Å². The predicted molar refractivity (Wildman–Crippen MR) is 64.5 cm³/mol. The Morgan fingerprint density at radius 1 is 1.56 bits per heavy atom. The summed E-state index contributed by atoms with van der Waals surface area (Å²) in [5.41, 5.74) is 0.540. The van der Waals surface area contributed by atoms with Crippen molar-refractivity contribution >= 4 is 17.3 Å². The fourth-order valence-corrected chi connectivity index (χ4v) is 2.06. The Kier molecular flexibility index (Phi) is 3.57. The number of carboxylic acids is 1. The van der Waals surface area contributed by atoms with E-state index in [9.17, 15) is 9.18 Å². The largest absolute Gasteiger partial charge is 0.486 e. The molecule has 4 nitrogen and oxygen atoms in total. The molecule has 0 bridgehead atoms. The second-order valence-electron chi connectivity index (χ2n) is 3.62. The van der Waals surface area contributed by atoms with Gasteiger partial charge in [0, 0.05) is 17.1 Å². The lowest BCUT2D eigenvalue weighted by molar-refractivity contribution is 0.0692. The molecule has 0 spiro atoms. The third-order valence-electron chi connectivity index (χ3n) is 2.20. The maximum Gasteiger partial charge on any atom is 0.338 e. The van der Waals surface area contributed by atoms with E-state index in [4.69, 9.17) is 9.84 Å². The molecular weight excluding hydrogens is 257 g/mol. The molecule has 0 unspecified atom stereocenters. The van der Waals surface area contributed by atoms with Crippen molar-refractivity contribution in [3.05, 3.63) is 45.7 Å². The number of hydrogen-bond donors (Lipinski definition) is 1. The van der Waals surface area contributed by atoms with Gasteiger partial charge in [0.15, 0.2) is 0 Å². The molecule has 1 aromatic heterocycles. The van der Waals surface area contributed by atoms with E-state index >= 15 is 0 Å². The molecule has 2 rings (SSSR count). The molecular formula is C12H10FNO3S. The summed E-state index contributed by atoms with van der Waals surface area (Å²) in [6.07, 6.45) is 0. The Bertz CT molecular complexity index is 582. The van der Waals surface area contributed by atoms with Crippen molar-refractivity contribution in [2.75, 3.05) is 0 Å². The summed E-state index contributed by atoms with van der Waals surface area (Å²) in [5, 5.41) is 11.4. The van der Waals surface area contributed by atoms with Crippen molar-refractivity contribution in [3.8, 4) is 5.75 Å². The van der Waals surface area contributed by atoms with Gasteiger partial charge in [-0.05, 0) is 19.1 Å². The fraction of sp³-hybridized carbons (Fsp3) is 0.167. The van der Waals surface area contributed by atoms with Crippen molar-refractivity contribution in [2.45, 2.75) is 13.5 Å². The second kappa shape index (κ2) is 5.14. The molecule has 2 aromatic rings. The predicted octanol–water partition coefficient (Wildman–Crippen LogP) is 2.87. The Labute approximate surface area is 107 Å². The number of nitrogens with zero attached hydrogens (tertiary/aromatic N) is 1. The van der Waals surface area contributed by atoms with Crippen LogP contribution in [0.25, 0.3) is 0 Å². The molecule has 1 N–H and O–H groups in total. The maximum atomic E-state index is 13.4. The number of ether oxygens (including phenoxy) is 1. The molecule has 1 heterocycles. The first-order valence-corrected chi connectivity index (χ1v) is 6.01. The second-order valence-corrected chi connectivity index (χ2v) is 4.56. The van der Waals surface area contributed by atoms with Crippen LogP contribution in [0.4, 0.5) is 4.39 Å². The lowest BCUT2D eigenvalue weighted by Gasteiger charge is -2.05. The van der Waals surface area contributed by atoms with Gasteiger partial charge in [-0.25, -0.2) is 14.2 Å². The molecule has 0 atom stereocenters. The SMILES string of the molecule is Cc1csc(COc2ccc(C(=O)O)c(F)c2)n1. The molecule has 0 radical (unpaired) electrons. The van der Waals surface area contributed by atoms with E-state index in [1.165, 1.54) is 23.5 Å². The molecule has 0 aliphatic heterocycles. The van der Waals surface area contributed by atoms with E-state index in [1.807, 2.05) is 12.3 Å². The van der Waals surface area contributed by atoms with E-state index in [2.05, 4.69) is 4.98 Å². The molecule has 0 saturated heterocycles. The Morgan fingerprint density at radius 3 is 2.89 bits per heavy atom. The van der Waals surface area contributed by atoms with Crippen LogP contribution in [-0.4, -0.2) is 16.1 Å². The minimum absolute atomic E-state index is 0.240. The Hall–Kier alpha value is -1.95. The first kappa shape index (κ1) is 12.5. The number of rotatable bonds is 4. The quantitative estimate of drug-likeness (QED) is 0.925. The average molecular weight is 267 g/mol. The highest BCUT2D eigenvalue weighted by Gasteiger charge is 2.11. The molecule has 1 aromatic carbocycles. The first-order chi connectivity index (χ1) is 8.56. The number of aromatic carboxylic acids is 1. The van der Waals surface area contributed by atoms with Gasteiger partial charge >= 0.3 is 5.97 Å². The van der Waals surface area contributed by atoms with Crippen LogP contribution in [0, 0.1) is 12.7 Å². The number of carboxylic acid groups (broad SMARTS) is 1. The van der Waals surface area contributed by atoms with Crippen LogP contribution < -0.4 is 4.74 Å². The van der Waals surface area contributed by atoms with Crippen LogP contribution >= 0.6 is 11.3 Å². The Balaban J connectivity index is 2.06. The van der Waals surface area contributed by atoms with Crippen molar-refractivity contribution in [3.63, 3.8) is 0 Å². The molecule has 0 amide bonds. The monoisotopic (exact) mass is 267 g/mol. The first-order valence-electron chi connectivity index (χ1n) is 5.13. The van der Waals surface area contributed by atoms with Crippen LogP contribution in [0.5, 0.6) is 5.75 Å². The highest BCUT2D eigenvalue weighted by molar-refractivity contribution is 7.09. The maximum absolute atomic E-state index is 13.4. The topological polar surface area (TPSA) is 59.4 Å². The molecule has 0 fully saturated rings.